The standard InChI is InChI=1S/C10H17NO3S/c1-4-8-6-5-7-9(15(3,13)14)10(8)11(2)12/h5-7,11,13-14H,4H2,1-3H3. The highest BCUT2D eigenvalue weighted by atomic mass is 32.3. The van der Waals surface area contributed by atoms with E-state index in [-0.39, 0.29) is 5.06 Å². The van der Waals surface area contributed by atoms with Gasteiger partial charge in [-0.25, -0.2) is 0 Å². The maximum absolute atomic E-state index is 11.5. The summed E-state index contributed by atoms with van der Waals surface area (Å²) in [5.74, 6) is 0. The largest absolute Gasteiger partial charge is 0.629 e. The molecule has 0 radical (unpaired) electrons. The molecule has 0 aliphatic heterocycles. The van der Waals surface area contributed by atoms with Crippen molar-refractivity contribution < 1.29 is 14.2 Å². The Bertz CT molecular complexity index is 347. The molecule has 0 saturated carbocycles. The van der Waals surface area contributed by atoms with Gasteiger partial charge in [-0.3, -0.25) is 9.11 Å². The fourth-order valence-electron chi connectivity index (χ4n) is 1.59. The van der Waals surface area contributed by atoms with Crippen LogP contribution in [0, 0.1) is 5.21 Å². The van der Waals surface area contributed by atoms with Crippen molar-refractivity contribution in [2.24, 2.45) is 0 Å². The van der Waals surface area contributed by atoms with Crippen molar-refractivity contribution in [3.8, 4) is 0 Å². The maximum Gasteiger partial charge on any atom is 0.157 e. The van der Waals surface area contributed by atoms with Gasteiger partial charge in [-0.2, -0.15) is 10.6 Å². The molecular formula is C10H17NO3S. The van der Waals surface area contributed by atoms with Crippen molar-refractivity contribution in [3.63, 3.8) is 0 Å². The number of nitrogens with one attached hydrogen (secondary N) is 1. The van der Waals surface area contributed by atoms with Crippen LogP contribution in [-0.4, -0.2) is 22.4 Å². The molecule has 1 atom stereocenters. The zero-order chi connectivity index (χ0) is 11.6. The highest BCUT2D eigenvalue weighted by Gasteiger charge is 2.20. The van der Waals surface area contributed by atoms with Crippen LogP contribution in [0.4, 0.5) is 5.69 Å². The summed E-state index contributed by atoms with van der Waals surface area (Å²) >= 11 is 0. The van der Waals surface area contributed by atoms with E-state index >= 15 is 0 Å². The van der Waals surface area contributed by atoms with Crippen LogP contribution in [-0.2, 0) is 6.42 Å². The Morgan fingerprint density at radius 1 is 1.40 bits per heavy atom. The van der Waals surface area contributed by atoms with Gasteiger partial charge in [0.2, 0.25) is 0 Å². The molecule has 86 valence electrons. The molecule has 5 heteroatoms. The minimum atomic E-state index is -2.83. The molecule has 0 amide bonds. The van der Waals surface area contributed by atoms with Crippen LogP contribution >= 0.6 is 10.6 Å². The highest BCUT2D eigenvalue weighted by molar-refractivity contribution is 8.23. The maximum atomic E-state index is 11.5. The Balaban J connectivity index is 3.39. The monoisotopic (exact) mass is 231 g/mol. The molecule has 1 unspecified atom stereocenters. The van der Waals surface area contributed by atoms with Crippen LogP contribution in [0.3, 0.4) is 0 Å². The lowest BCUT2D eigenvalue weighted by Crippen LogP contribution is -2.98. The van der Waals surface area contributed by atoms with Gasteiger partial charge < -0.3 is 10.3 Å². The third-order valence-corrected chi connectivity index (χ3v) is 3.44. The van der Waals surface area contributed by atoms with Crippen LogP contribution in [0.2, 0.25) is 0 Å². The summed E-state index contributed by atoms with van der Waals surface area (Å²) in [4.78, 5) is 0.356. The minimum absolute atomic E-state index is 0.121. The van der Waals surface area contributed by atoms with Gasteiger partial charge in [0.05, 0.1) is 7.05 Å². The number of aryl methyl sites for hydroxylation is 1. The molecule has 0 heterocycles. The molecule has 1 aromatic rings. The number of hydrogen-bond donors (Lipinski definition) is 3. The van der Waals surface area contributed by atoms with E-state index in [0.717, 1.165) is 5.56 Å². The lowest BCUT2D eigenvalue weighted by Gasteiger charge is -2.32. The molecule has 0 bridgehead atoms. The Kier molecular flexibility index (Phi) is 3.75. The third-order valence-electron chi connectivity index (χ3n) is 2.26. The van der Waals surface area contributed by atoms with Crippen molar-refractivity contribution in [2.75, 3.05) is 13.3 Å². The summed E-state index contributed by atoms with van der Waals surface area (Å²) in [7, 11) is -1.38. The highest BCUT2D eigenvalue weighted by Crippen LogP contribution is 2.47. The van der Waals surface area contributed by atoms with Gasteiger partial charge in [0.15, 0.2) is 5.69 Å². The molecule has 0 saturated heterocycles. The second kappa shape index (κ2) is 4.51. The second-order valence-electron chi connectivity index (χ2n) is 3.53. The summed E-state index contributed by atoms with van der Waals surface area (Å²) in [6.07, 6.45) is 2.05. The van der Waals surface area contributed by atoms with E-state index in [1.165, 1.54) is 13.3 Å². The smallest absolute Gasteiger partial charge is 0.157 e. The van der Waals surface area contributed by atoms with Crippen molar-refractivity contribution in [2.45, 2.75) is 18.2 Å². The van der Waals surface area contributed by atoms with E-state index in [9.17, 15) is 14.3 Å². The Labute approximate surface area is 91.5 Å². The van der Waals surface area contributed by atoms with Crippen LogP contribution in [0.25, 0.3) is 0 Å². The number of hydroxylamine groups is 1. The summed E-state index contributed by atoms with van der Waals surface area (Å²) in [6, 6.07) is 5.19. The van der Waals surface area contributed by atoms with Gasteiger partial charge in [-0.1, -0.05) is 19.1 Å². The fraction of sp³-hybridized carbons (Fsp3) is 0.400. The lowest BCUT2D eigenvalue weighted by atomic mass is 10.1. The normalized spacial score (nSPS) is 15.1. The first-order chi connectivity index (χ1) is 6.88. The summed E-state index contributed by atoms with van der Waals surface area (Å²) in [6.45, 7) is 1.94. The molecule has 15 heavy (non-hydrogen) atoms. The first-order valence-electron chi connectivity index (χ1n) is 4.74. The van der Waals surface area contributed by atoms with Crippen molar-refractivity contribution in [1.29, 1.82) is 0 Å². The van der Waals surface area contributed by atoms with E-state index in [0.29, 0.717) is 17.0 Å². The molecular weight excluding hydrogens is 214 g/mol. The van der Waals surface area contributed by atoms with E-state index in [1.807, 2.05) is 13.0 Å². The molecule has 0 aromatic heterocycles. The van der Waals surface area contributed by atoms with E-state index < -0.39 is 10.6 Å². The Morgan fingerprint density at radius 2 is 2.00 bits per heavy atom. The zero-order valence-electron chi connectivity index (χ0n) is 9.15. The minimum Gasteiger partial charge on any atom is -0.629 e. The number of para-hydroxylation sites is 1. The zero-order valence-corrected chi connectivity index (χ0v) is 9.97. The quantitative estimate of drug-likeness (QED) is 0.693. The van der Waals surface area contributed by atoms with Gasteiger partial charge >= 0.3 is 0 Å². The topological polar surface area (TPSA) is 68.0 Å². The number of rotatable bonds is 3. The summed E-state index contributed by atoms with van der Waals surface area (Å²) < 4.78 is 19.3. The average Bonchev–Trinajstić information content (AvgIpc) is 2.15. The second-order valence-corrected chi connectivity index (χ2v) is 5.64. The lowest BCUT2D eigenvalue weighted by molar-refractivity contribution is -0.753. The molecule has 0 fully saturated rings. The third kappa shape index (κ3) is 2.70. The van der Waals surface area contributed by atoms with Crippen LogP contribution in [0.15, 0.2) is 23.1 Å². The van der Waals surface area contributed by atoms with E-state index in [4.69, 9.17) is 0 Å². The van der Waals surface area contributed by atoms with Crippen molar-refractivity contribution in [1.82, 2.24) is 0 Å². The van der Waals surface area contributed by atoms with Gasteiger partial charge in [0, 0.05) is 11.8 Å². The summed E-state index contributed by atoms with van der Waals surface area (Å²) in [5.41, 5.74) is 1.32. The molecule has 0 aliphatic carbocycles. The van der Waals surface area contributed by atoms with Gasteiger partial charge in [-0.15, -0.1) is 0 Å². The first-order valence-corrected chi connectivity index (χ1v) is 6.69. The SMILES string of the molecule is CCc1cccc(S(C)(O)O)c1[NH+](C)[O-]. The molecule has 1 aromatic carbocycles. The molecule has 1 rings (SSSR count). The van der Waals surface area contributed by atoms with Gasteiger partial charge in [0.25, 0.3) is 0 Å². The predicted octanol–water partition coefficient (Wildman–Crippen LogP) is 1.63. The van der Waals surface area contributed by atoms with E-state index in [2.05, 4.69) is 0 Å². The molecule has 3 N–H and O–H groups in total. The summed E-state index contributed by atoms with van der Waals surface area (Å²) in [5, 5.41) is 11.4. The average molecular weight is 231 g/mol. The predicted molar refractivity (Wildman–Crippen MR) is 62.8 cm³/mol. The van der Waals surface area contributed by atoms with Gasteiger partial charge in [-0.05, 0) is 12.5 Å². The van der Waals surface area contributed by atoms with Crippen molar-refractivity contribution in [3.05, 3.63) is 29.0 Å². The van der Waals surface area contributed by atoms with Crippen molar-refractivity contribution >= 4 is 16.3 Å². The number of benzene rings is 1. The molecule has 0 spiro atoms. The van der Waals surface area contributed by atoms with Crippen LogP contribution in [0.5, 0.6) is 0 Å². The first kappa shape index (κ1) is 12.5. The van der Waals surface area contributed by atoms with E-state index in [1.54, 1.807) is 12.1 Å². The Hall–Kier alpha value is -0.590. The fourth-order valence-corrected chi connectivity index (χ4v) is 2.59. The number of quaternary nitrogens is 1. The molecule has 0 aliphatic rings. The Morgan fingerprint density at radius 3 is 2.40 bits per heavy atom. The van der Waals surface area contributed by atoms with Crippen LogP contribution < -0.4 is 5.06 Å². The number of hydrogen-bond acceptors (Lipinski definition) is 3. The van der Waals surface area contributed by atoms with Gasteiger partial charge in [0.1, 0.15) is 4.90 Å². The van der Waals surface area contributed by atoms with Crippen LogP contribution in [0.1, 0.15) is 12.5 Å². The molecule has 4 nitrogen and oxygen atoms in total.